The minimum Gasteiger partial charge on any atom is -0.497 e. The third-order valence-electron chi connectivity index (χ3n) is 6.49. The second-order valence-corrected chi connectivity index (χ2v) is 8.92. The topological polar surface area (TPSA) is 50.6 Å². The van der Waals surface area contributed by atoms with Crippen LogP contribution in [0.3, 0.4) is 0 Å². The Labute approximate surface area is 206 Å². The number of hydrogen-bond acceptors (Lipinski definition) is 4. The average Bonchev–Trinajstić information content (AvgIpc) is 3.33. The second kappa shape index (κ2) is 10.1. The molecule has 0 radical (unpaired) electrons. The molecule has 0 aliphatic carbocycles. The predicted octanol–water partition coefficient (Wildman–Crippen LogP) is 4.88. The maximum atomic E-state index is 13.7. The number of rotatable bonds is 6. The molecule has 5 rings (SSSR count). The summed E-state index contributed by atoms with van der Waals surface area (Å²) in [5.74, 6) is 0.875. The quantitative estimate of drug-likeness (QED) is 0.407. The second-order valence-electron chi connectivity index (χ2n) is 8.92. The van der Waals surface area contributed by atoms with Crippen molar-refractivity contribution in [3.05, 3.63) is 102 Å². The van der Waals surface area contributed by atoms with E-state index in [4.69, 9.17) is 9.84 Å². The van der Waals surface area contributed by atoms with Crippen LogP contribution >= 0.6 is 0 Å². The fraction of sp³-hybridized carbons (Fsp3) is 0.241. The minimum absolute atomic E-state index is 0.0326. The summed E-state index contributed by atoms with van der Waals surface area (Å²) in [6, 6.07) is 26.5. The van der Waals surface area contributed by atoms with Crippen molar-refractivity contribution < 1.29 is 9.53 Å². The average molecular weight is 467 g/mol. The van der Waals surface area contributed by atoms with Gasteiger partial charge < -0.3 is 14.5 Å². The van der Waals surface area contributed by atoms with E-state index in [0.29, 0.717) is 25.2 Å². The summed E-state index contributed by atoms with van der Waals surface area (Å²) in [4.78, 5) is 17.9. The van der Waals surface area contributed by atoms with Gasteiger partial charge in [0.25, 0.3) is 5.91 Å². The lowest BCUT2D eigenvalue weighted by atomic mass is 10.1. The van der Waals surface area contributed by atoms with E-state index >= 15 is 0 Å². The first-order chi connectivity index (χ1) is 17.1. The van der Waals surface area contributed by atoms with Crippen molar-refractivity contribution in [3.63, 3.8) is 0 Å². The number of anilines is 1. The maximum Gasteiger partial charge on any atom is 0.257 e. The predicted molar refractivity (Wildman–Crippen MR) is 139 cm³/mol. The molecule has 0 atom stereocenters. The number of piperazine rings is 1. The van der Waals surface area contributed by atoms with Gasteiger partial charge in [0.15, 0.2) is 0 Å². The molecule has 1 amide bonds. The molecule has 6 heteroatoms. The number of carbonyl (C=O) groups excluding carboxylic acids is 1. The van der Waals surface area contributed by atoms with Gasteiger partial charge in [0.1, 0.15) is 11.4 Å². The molecule has 2 heterocycles. The van der Waals surface area contributed by atoms with Gasteiger partial charge >= 0.3 is 0 Å². The minimum atomic E-state index is 0.0326. The van der Waals surface area contributed by atoms with E-state index in [0.717, 1.165) is 41.3 Å². The van der Waals surface area contributed by atoms with E-state index in [-0.39, 0.29) is 5.91 Å². The lowest BCUT2D eigenvalue weighted by molar-refractivity contribution is 0.0747. The molecular weight excluding hydrogens is 436 g/mol. The zero-order valence-electron chi connectivity index (χ0n) is 20.2. The van der Waals surface area contributed by atoms with Crippen molar-refractivity contribution in [2.45, 2.75) is 13.5 Å². The molecule has 178 valence electrons. The Morgan fingerprint density at radius 2 is 1.66 bits per heavy atom. The Balaban J connectivity index is 1.37. The lowest BCUT2D eigenvalue weighted by Gasteiger charge is -2.36. The van der Waals surface area contributed by atoms with Gasteiger partial charge in [-0.15, -0.1) is 0 Å². The molecule has 0 N–H and O–H groups in total. The molecule has 3 aromatic carbocycles. The molecule has 1 aliphatic heterocycles. The summed E-state index contributed by atoms with van der Waals surface area (Å²) >= 11 is 0. The molecular formula is C29H30N4O2. The van der Waals surface area contributed by atoms with Crippen molar-refractivity contribution in [2.75, 3.05) is 38.2 Å². The molecule has 6 nitrogen and oxygen atoms in total. The van der Waals surface area contributed by atoms with Crippen LogP contribution in [-0.2, 0) is 6.54 Å². The van der Waals surface area contributed by atoms with Crippen LogP contribution in [-0.4, -0.2) is 53.9 Å². The molecule has 0 spiro atoms. The van der Waals surface area contributed by atoms with Crippen LogP contribution in [0.25, 0.3) is 11.3 Å². The van der Waals surface area contributed by atoms with Crippen LogP contribution in [0.5, 0.6) is 5.75 Å². The summed E-state index contributed by atoms with van der Waals surface area (Å²) in [7, 11) is 1.68. The summed E-state index contributed by atoms with van der Waals surface area (Å²) < 4.78 is 7.25. The molecule has 0 bridgehead atoms. The molecule has 35 heavy (non-hydrogen) atoms. The van der Waals surface area contributed by atoms with Crippen LogP contribution in [0.1, 0.15) is 21.5 Å². The first-order valence-electron chi connectivity index (χ1n) is 12.0. The van der Waals surface area contributed by atoms with E-state index in [9.17, 15) is 4.79 Å². The number of aromatic nitrogens is 2. The standard InChI is InChI=1S/C29H30N4O2/c1-22-11-13-24(14-12-22)28-27(21-33(30-28)20-23-7-4-3-5-8-23)29(34)32-17-15-31(16-18-32)25-9-6-10-26(19-25)35-2/h3-14,19,21H,15-18,20H2,1-2H3. The third kappa shape index (κ3) is 5.06. The summed E-state index contributed by atoms with van der Waals surface area (Å²) in [5.41, 5.74) is 5.80. The zero-order valence-corrected chi connectivity index (χ0v) is 20.2. The van der Waals surface area contributed by atoms with Crippen molar-refractivity contribution in [1.82, 2.24) is 14.7 Å². The highest BCUT2D eigenvalue weighted by Gasteiger charge is 2.26. The van der Waals surface area contributed by atoms with Gasteiger partial charge in [-0.1, -0.05) is 66.2 Å². The smallest absolute Gasteiger partial charge is 0.257 e. The Kier molecular flexibility index (Phi) is 6.53. The van der Waals surface area contributed by atoms with Crippen molar-refractivity contribution >= 4 is 11.6 Å². The van der Waals surface area contributed by atoms with Gasteiger partial charge in [0, 0.05) is 49.7 Å². The maximum absolute atomic E-state index is 13.7. The van der Waals surface area contributed by atoms with Crippen LogP contribution < -0.4 is 9.64 Å². The molecule has 1 fully saturated rings. The number of nitrogens with zero attached hydrogens (tertiary/aromatic N) is 4. The van der Waals surface area contributed by atoms with Gasteiger partial charge in [-0.3, -0.25) is 9.48 Å². The Bertz CT molecular complexity index is 1290. The van der Waals surface area contributed by atoms with Crippen LogP contribution in [0.15, 0.2) is 85.1 Å². The Morgan fingerprint density at radius 3 is 2.37 bits per heavy atom. The summed E-state index contributed by atoms with van der Waals surface area (Å²) in [5, 5.41) is 4.85. The summed E-state index contributed by atoms with van der Waals surface area (Å²) in [6.07, 6.45) is 1.90. The number of carbonyl (C=O) groups is 1. The molecule has 1 saturated heterocycles. The highest BCUT2D eigenvalue weighted by atomic mass is 16.5. The fourth-order valence-electron chi connectivity index (χ4n) is 4.50. The van der Waals surface area contributed by atoms with Crippen LogP contribution in [0, 0.1) is 6.92 Å². The zero-order chi connectivity index (χ0) is 24.2. The number of amides is 1. The van der Waals surface area contributed by atoms with Gasteiger partial charge in [0.2, 0.25) is 0 Å². The van der Waals surface area contributed by atoms with Gasteiger partial charge in [-0.25, -0.2) is 0 Å². The molecule has 0 unspecified atom stereocenters. The number of hydrogen-bond donors (Lipinski definition) is 0. The van der Waals surface area contributed by atoms with E-state index < -0.39 is 0 Å². The SMILES string of the molecule is COc1cccc(N2CCN(C(=O)c3cn(Cc4ccccc4)nc3-c3ccc(C)cc3)CC2)c1. The highest BCUT2D eigenvalue weighted by molar-refractivity contribution is 6.00. The number of ether oxygens (including phenoxy) is 1. The first kappa shape index (κ1) is 22.7. The van der Waals surface area contributed by atoms with E-state index in [1.807, 2.05) is 64.3 Å². The third-order valence-corrected chi connectivity index (χ3v) is 6.49. The number of aryl methyl sites for hydroxylation is 1. The van der Waals surface area contributed by atoms with E-state index in [1.165, 1.54) is 5.56 Å². The van der Waals surface area contributed by atoms with Crippen molar-refractivity contribution in [2.24, 2.45) is 0 Å². The van der Waals surface area contributed by atoms with Gasteiger partial charge in [0.05, 0.1) is 19.2 Å². The van der Waals surface area contributed by atoms with E-state index in [1.54, 1.807) is 7.11 Å². The number of methoxy groups -OCH3 is 1. The first-order valence-corrected chi connectivity index (χ1v) is 12.0. The largest absolute Gasteiger partial charge is 0.497 e. The lowest BCUT2D eigenvalue weighted by Crippen LogP contribution is -2.48. The monoisotopic (exact) mass is 466 g/mol. The van der Waals surface area contributed by atoms with Crippen LogP contribution in [0.4, 0.5) is 5.69 Å². The van der Waals surface area contributed by atoms with Crippen molar-refractivity contribution in [1.29, 1.82) is 0 Å². The molecule has 1 aromatic heterocycles. The number of benzene rings is 3. The normalized spacial score (nSPS) is 13.7. The molecule has 0 saturated carbocycles. The Morgan fingerprint density at radius 1 is 0.914 bits per heavy atom. The highest BCUT2D eigenvalue weighted by Crippen LogP contribution is 2.26. The Hall–Kier alpha value is -4.06. The molecule has 1 aliphatic rings. The fourth-order valence-corrected chi connectivity index (χ4v) is 4.50. The van der Waals surface area contributed by atoms with Crippen LogP contribution in [0.2, 0.25) is 0 Å². The van der Waals surface area contributed by atoms with Gasteiger partial charge in [-0.2, -0.15) is 5.10 Å². The van der Waals surface area contributed by atoms with Gasteiger partial charge in [-0.05, 0) is 24.6 Å². The van der Waals surface area contributed by atoms with Crippen molar-refractivity contribution in [3.8, 4) is 17.0 Å². The molecule has 4 aromatic rings. The van der Waals surface area contributed by atoms with E-state index in [2.05, 4.69) is 42.2 Å². The summed E-state index contributed by atoms with van der Waals surface area (Å²) in [6.45, 7) is 5.55.